The first-order chi connectivity index (χ1) is 10.6. The second kappa shape index (κ2) is 8.39. The van der Waals surface area contributed by atoms with Gasteiger partial charge in [-0.3, -0.25) is 10.1 Å². The van der Waals surface area contributed by atoms with Gasteiger partial charge in [0.15, 0.2) is 0 Å². The summed E-state index contributed by atoms with van der Waals surface area (Å²) in [6.07, 6.45) is 7.06. The van der Waals surface area contributed by atoms with Gasteiger partial charge in [0.2, 0.25) is 5.91 Å². The van der Waals surface area contributed by atoms with Crippen molar-refractivity contribution in [1.82, 2.24) is 15.6 Å². The predicted octanol–water partition coefficient (Wildman–Crippen LogP) is 3.37. The zero-order valence-electron chi connectivity index (χ0n) is 12.5. The maximum absolute atomic E-state index is 12.0. The fourth-order valence-electron chi connectivity index (χ4n) is 2.36. The molecule has 1 heterocycles. The summed E-state index contributed by atoms with van der Waals surface area (Å²) in [6, 6.07) is 3.21. The van der Waals surface area contributed by atoms with E-state index in [1.807, 2.05) is 0 Å². The maximum atomic E-state index is 12.0. The van der Waals surface area contributed by atoms with Crippen molar-refractivity contribution in [3.05, 3.63) is 23.4 Å². The third kappa shape index (κ3) is 5.18. The zero-order valence-corrected chi connectivity index (χ0v) is 14.0. The molecule has 0 aliphatic heterocycles. The number of nitrogens with zero attached hydrogens (tertiary/aromatic N) is 1. The van der Waals surface area contributed by atoms with Crippen molar-refractivity contribution >= 4 is 35.3 Å². The summed E-state index contributed by atoms with van der Waals surface area (Å²) in [4.78, 5) is 28.0. The smallest absolute Gasteiger partial charge is 0.321 e. The Morgan fingerprint density at radius 3 is 2.77 bits per heavy atom. The molecule has 0 radical (unpaired) electrons. The van der Waals surface area contributed by atoms with Gasteiger partial charge in [-0.05, 0) is 31.9 Å². The first-order valence-electron chi connectivity index (χ1n) is 7.45. The molecule has 1 unspecified atom stereocenters. The summed E-state index contributed by atoms with van der Waals surface area (Å²) >= 11 is 7.24. The van der Waals surface area contributed by atoms with Crippen molar-refractivity contribution in [3.8, 4) is 0 Å². The molecule has 7 heteroatoms. The Bertz CT molecular complexity index is 535. The molecule has 3 amide bonds. The normalized spacial score (nSPS) is 16.8. The van der Waals surface area contributed by atoms with Gasteiger partial charge in [0.25, 0.3) is 0 Å². The summed E-state index contributed by atoms with van der Waals surface area (Å²) in [5.74, 6) is -0.347. The van der Waals surface area contributed by atoms with E-state index in [4.69, 9.17) is 11.6 Å². The number of hydrogen-bond acceptors (Lipinski definition) is 4. The number of halogens is 1. The fraction of sp³-hybridized carbons (Fsp3) is 0.533. The second-order valence-corrected chi connectivity index (χ2v) is 7.08. The molecule has 120 valence electrons. The number of carbonyl (C=O) groups is 2. The van der Waals surface area contributed by atoms with Gasteiger partial charge in [0, 0.05) is 12.2 Å². The number of carbonyl (C=O) groups excluding carboxylic acids is 2. The van der Waals surface area contributed by atoms with Crippen molar-refractivity contribution in [2.75, 3.05) is 0 Å². The van der Waals surface area contributed by atoms with E-state index in [1.54, 1.807) is 25.3 Å². The van der Waals surface area contributed by atoms with Crippen LogP contribution in [0.5, 0.6) is 0 Å². The van der Waals surface area contributed by atoms with Crippen LogP contribution < -0.4 is 10.6 Å². The van der Waals surface area contributed by atoms with Crippen LogP contribution in [0, 0.1) is 0 Å². The van der Waals surface area contributed by atoms with E-state index in [0.717, 1.165) is 25.7 Å². The lowest BCUT2D eigenvalue weighted by Gasteiger charge is -2.23. The molecule has 1 aromatic heterocycles. The topological polar surface area (TPSA) is 71.1 Å². The van der Waals surface area contributed by atoms with E-state index in [9.17, 15) is 9.59 Å². The number of urea groups is 1. The number of imide groups is 1. The monoisotopic (exact) mass is 341 g/mol. The number of aromatic nitrogens is 1. The van der Waals surface area contributed by atoms with Crippen LogP contribution in [0.4, 0.5) is 4.79 Å². The molecule has 1 aliphatic carbocycles. The molecule has 1 aromatic rings. The number of hydrogen-bond donors (Lipinski definition) is 2. The molecule has 1 fully saturated rings. The lowest BCUT2D eigenvalue weighted by molar-refractivity contribution is -0.119. The average molecular weight is 342 g/mol. The molecular weight excluding hydrogens is 322 g/mol. The highest BCUT2D eigenvalue weighted by Crippen LogP contribution is 2.27. The van der Waals surface area contributed by atoms with Gasteiger partial charge in [-0.2, -0.15) is 0 Å². The van der Waals surface area contributed by atoms with Gasteiger partial charge in [-0.1, -0.05) is 42.6 Å². The minimum absolute atomic E-state index is 0.176. The van der Waals surface area contributed by atoms with Crippen molar-refractivity contribution < 1.29 is 9.59 Å². The standard InChI is InChI=1S/C15H20ClN3O2S/c1-10(22-14-12(16)8-5-9-17-14)13(20)19-15(21)18-11-6-3-2-4-7-11/h5,8-11H,2-4,6-7H2,1H3,(H2,18,19,20,21). The van der Waals surface area contributed by atoms with Gasteiger partial charge in [-0.15, -0.1) is 0 Å². The van der Waals surface area contributed by atoms with Crippen LogP contribution in [0.25, 0.3) is 0 Å². The average Bonchev–Trinajstić information content (AvgIpc) is 2.50. The Kier molecular flexibility index (Phi) is 6.51. The predicted molar refractivity (Wildman–Crippen MR) is 88.1 cm³/mol. The van der Waals surface area contributed by atoms with E-state index >= 15 is 0 Å². The van der Waals surface area contributed by atoms with E-state index in [-0.39, 0.29) is 11.9 Å². The molecule has 2 N–H and O–H groups in total. The second-order valence-electron chi connectivity index (χ2n) is 5.35. The van der Waals surface area contributed by atoms with Gasteiger partial charge < -0.3 is 5.32 Å². The number of nitrogens with one attached hydrogen (secondary N) is 2. The Morgan fingerprint density at radius 1 is 1.36 bits per heavy atom. The third-order valence-corrected chi connectivity index (χ3v) is 5.09. The Labute approximate surface area is 139 Å². The zero-order chi connectivity index (χ0) is 15.9. The van der Waals surface area contributed by atoms with Crippen LogP contribution in [0.3, 0.4) is 0 Å². The molecule has 22 heavy (non-hydrogen) atoms. The van der Waals surface area contributed by atoms with Crippen LogP contribution in [-0.2, 0) is 4.79 Å². The number of thioether (sulfide) groups is 1. The molecule has 1 atom stereocenters. The Morgan fingerprint density at radius 2 is 2.09 bits per heavy atom. The SMILES string of the molecule is CC(Sc1ncccc1Cl)C(=O)NC(=O)NC1CCCCC1. The quantitative estimate of drug-likeness (QED) is 0.824. The van der Waals surface area contributed by atoms with Crippen LogP contribution in [0.1, 0.15) is 39.0 Å². The number of amides is 3. The Balaban J connectivity index is 1.80. The molecular formula is C15H20ClN3O2S. The van der Waals surface area contributed by atoms with E-state index in [0.29, 0.717) is 10.0 Å². The number of rotatable bonds is 4. The highest BCUT2D eigenvalue weighted by molar-refractivity contribution is 8.00. The maximum Gasteiger partial charge on any atom is 0.321 e. The van der Waals surface area contributed by atoms with E-state index in [1.165, 1.54) is 18.2 Å². The summed E-state index contributed by atoms with van der Waals surface area (Å²) in [5.41, 5.74) is 0. The molecule has 1 aliphatic rings. The van der Waals surface area contributed by atoms with Crippen LogP contribution in [0.15, 0.2) is 23.4 Å². The van der Waals surface area contributed by atoms with E-state index < -0.39 is 11.3 Å². The molecule has 0 aromatic carbocycles. The van der Waals surface area contributed by atoms with Crippen LogP contribution in [0.2, 0.25) is 5.02 Å². The number of pyridine rings is 1. The highest BCUT2D eigenvalue weighted by Gasteiger charge is 2.21. The van der Waals surface area contributed by atoms with Crippen molar-refractivity contribution in [1.29, 1.82) is 0 Å². The summed E-state index contributed by atoms with van der Waals surface area (Å²) in [5, 5.41) is 5.87. The summed E-state index contributed by atoms with van der Waals surface area (Å²) in [6.45, 7) is 1.72. The molecule has 0 saturated heterocycles. The van der Waals surface area contributed by atoms with Gasteiger partial charge >= 0.3 is 6.03 Å². The molecule has 2 rings (SSSR count). The minimum Gasteiger partial charge on any atom is -0.335 e. The summed E-state index contributed by atoms with van der Waals surface area (Å²) in [7, 11) is 0. The third-order valence-electron chi connectivity index (χ3n) is 3.56. The molecule has 0 bridgehead atoms. The fourth-order valence-corrected chi connectivity index (χ4v) is 3.42. The van der Waals surface area contributed by atoms with E-state index in [2.05, 4.69) is 15.6 Å². The first kappa shape index (κ1) is 17.1. The minimum atomic E-state index is -0.454. The van der Waals surface area contributed by atoms with Gasteiger partial charge in [-0.25, -0.2) is 9.78 Å². The van der Waals surface area contributed by atoms with Gasteiger partial charge in [0.05, 0.1) is 10.3 Å². The highest BCUT2D eigenvalue weighted by atomic mass is 35.5. The molecule has 1 saturated carbocycles. The Hall–Kier alpha value is -1.27. The largest absolute Gasteiger partial charge is 0.335 e. The summed E-state index contributed by atoms with van der Waals surface area (Å²) < 4.78 is 0. The molecule has 0 spiro atoms. The van der Waals surface area contributed by atoms with Crippen LogP contribution >= 0.6 is 23.4 Å². The first-order valence-corrected chi connectivity index (χ1v) is 8.70. The van der Waals surface area contributed by atoms with Crippen molar-refractivity contribution in [2.45, 2.75) is 55.3 Å². The lowest BCUT2D eigenvalue weighted by Crippen LogP contribution is -2.47. The van der Waals surface area contributed by atoms with Crippen molar-refractivity contribution in [3.63, 3.8) is 0 Å². The molecule has 5 nitrogen and oxygen atoms in total. The van der Waals surface area contributed by atoms with Gasteiger partial charge in [0.1, 0.15) is 5.03 Å². The van der Waals surface area contributed by atoms with Crippen LogP contribution in [-0.4, -0.2) is 28.2 Å². The van der Waals surface area contributed by atoms with Crippen molar-refractivity contribution in [2.24, 2.45) is 0 Å². The lowest BCUT2D eigenvalue weighted by atomic mass is 9.96.